The van der Waals surface area contributed by atoms with Crippen molar-refractivity contribution in [3.05, 3.63) is 28.3 Å². The van der Waals surface area contributed by atoms with Gasteiger partial charge in [0.15, 0.2) is 0 Å². The lowest BCUT2D eigenvalue weighted by atomic mass is 9.77. The summed E-state index contributed by atoms with van der Waals surface area (Å²) < 4.78 is 0. The van der Waals surface area contributed by atoms with Crippen LogP contribution in [-0.4, -0.2) is 5.11 Å². The molecule has 1 N–H and O–H groups in total. The third-order valence-electron chi connectivity index (χ3n) is 4.41. The van der Waals surface area contributed by atoms with Crippen LogP contribution in [0.2, 0.25) is 0 Å². The number of benzene rings is 1. The minimum Gasteiger partial charge on any atom is -0.507 e. The average molecular weight is 305 g/mol. The molecule has 0 aliphatic rings. The first kappa shape index (κ1) is 19.1. The fourth-order valence-electron chi connectivity index (χ4n) is 3.41. The maximum atomic E-state index is 10.9. The van der Waals surface area contributed by atoms with Crippen molar-refractivity contribution in [2.24, 2.45) is 0 Å². The Hall–Kier alpha value is -0.980. The SMILES string of the molecule is CCCCc1cc(CCC)c(C(C)(C)C)c(CCCC)c1O. The van der Waals surface area contributed by atoms with E-state index < -0.39 is 0 Å². The molecule has 0 aliphatic carbocycles. The summed E-state index contributed by atoms with van der Waals surface area (Å²) >= 11 is 0. The molecule has 1 heteroatoms. The summed E-state index contributed by atoms with van der Waals surface area (Å²) in [4.78, 5) is 0. The van der Waals surface area contributed by atoms with Crippen molar-refractivity contribution >= 4 is 0 Å². The van der Waals surface area contributed by atoms with Gasteiger partial charge in [-0.1, -0.05) is 66.9 Å². The maximum Gasteiger partial charge on any atom is 0.122 e. The van der Waals surface area contributed by atoms with E-state index in [4.69, 9.17) is 0 Å². The highest BCUT2D eigenvalue weighted by Gasteiger charge is 2.25. The van der Waals surface area contributed by atoms with Gasteiger partial charge in [0.25, 0.3) is 0 Å². The van der Waals surface area contributed by atoms with Crippen LogP contribution in [0.1, 0.15) is 95.9 Å². The summed E-state index contributed by atoms with van der Waals surface area (Å²) in [6, 6.07) is 2.30. The average Bonchev–Trinajstić information content (AvgIpc) is 2.44. The zero-order valence-electron chi connectivity index (χ0n) is 15.7. The molecule has 0 saturated heterocycles. The number of hydrogen-bond acceptors (Lipinski definition) is 1. The summed E-state index contributed by atoms with van der Waals surface area (Å²) in [5.74, 6) is 0.590. The van der Waals surface area contributed by atoms with E-state index in [1.165, 1.54) is 35.1 Å². The molecule has 0 amide bonds. The quantitative estimate of drug-likeness (QED) is 0.595. The first-order chi connectivity index (χ1) is 10.4. The highest BCUT2D eigenvalue weighted by molar-refractivity contribution is 5.53. The Kier molecular flexibility index (Phi) is 7.45. The summed E-state index contributed by atoms with van der Waals surface area (Å²) in [5, 5.41) is 10.9. The summed E-state index contributed by atoms with van der Waals surface area (Å²) in [6.07, 6.45) is 8.94. The Bertz CT molecular complexity index is 466. The van der Waals surface area contributed by atoms with Crippen molar-refractivity contribution in [3.8, 4) is 5.75 Å². The van der Waals surface area contributed by atoms with Gasteiger partial charge >= 0.3 is 0 Å². The number of phenolic OH excluding ortho intramolecular Hbond substituents is 1. The third-order valence-corrected chi connectivity index (χ3v) is 4.41. The molecule has 0 fully saturated rings. The Balaban J connectivity index is 3.45. The van der Waals surface area contributed by atoms with Gasteiger partial charge in [-0.2, -0.15) is 0 Å². The predicted octanol–water partition coefficient (Wildman–Crippen LogP) is 6.33. The van der Waals surface area contributed by atoms with E-state index in [0.717, 1.165) is 38.5 Å². The van der Waals surface area contributed by atoms with Crippen LogP contribution < -0.4 is 0 Å². The molecule has 22 heavy (non-hydrogen) atoms. The van der Waals surface area contributed by atoms with Crippen LogP contribution in [0.3, 0.4) is 0 Å². The fraction of sp³-hybridized carbons (Fsp3) is 0.714. The van der Waals surface area contributed by atoms with Gasteiger partial charge < -0.3 is 5.11 Å². The van der Waals surface area contributed by atoms with Gasteiger partial charge in [0.05, 0.1) is 0 Å². The summed E-state index contributed by atoms with van der Waals surface area (Å²) in [7, 11) is 0. The maximum absolute atomic E-state index is 10.9. The van der Waals surface area contributed by atoms with Gasteiger partial charge in [-0.25, -0.2) is 0 Å². The van der Waals surface area contributed by atoms with Crippen molar-refractivity contribution in [1.82, 2.24) is 0 Å². The van der Waals surface area contributed by atoms with Crippen LogP contribution in [-0.2, 0) is 24.7 Å². The molecule has 0 heterocycles. The number of unbranched alkanes of at least 4 members (excludes halogenated alkanes) is 2. The van der Waals surface area contributed by atoms with Crippen LogP contribution in [0.15, 0.2) is 6.07 Å². The zero-order chi connectivity index (χ0) is 16.8. The van der Waals surface area contributed by atoms with Crippen LogP contribution in [0.5, 0.6) is 5.75 Å². The van der Waals surface area contributed by atoms with Gasteiger partial charge in [-0.3, -0.25) is 0 Å². The van der Waals surface area contributed by atoms with E-state index in [-0.39, 0.29) is 5.41 Å². The predicted molar refractivity (Wildman–Crippen MR) is 98.0 cm³/mol. The minimum atomic E-state index is 0.0916. The van der Waals surface area contributed by atoms with E-state index in [0.29, 0.717) is 5.75 Å². The minimum absolute atomic E-state index is 0.0916. The molecule has 0 unspecified atom stereocenters. The Labute approximate surface area is 138 Å². The van der Waals surface area contributed by atoms with Crippen molar-refractivity contribution in [3.63, 3.8) is 0 Å². The Morgan fingerprint density at radius 3 is 1.91 bits per heavy atom. The highest BCUT2D eigenvalue weighted by atomic mass is 16.3. The topological polar surface area (TPSA) is 20.2 Å². The number of hydrogen-bond donors (Lipinski definition) is 1. The van der Waals surface area contributed by atoms with Crippen molar-refractivity contribution in [2.75, 3.05) is 0 Å². The molecular weight excluding hydrogens is 268 g/mol. The largest absolute Gasteiger partial charge is 0.507 e. The summed E-state index contributed by atoms with van der Waals surface area (Å²) in [5.41, 5.74) is 5.36. The van der Waals surface area contributed by atoms with E-state index in [2.05, 4.69) is 47.6 Å². The lowest BCUT2D eigenvalue weighted by molar-refractivity contribution is 0.451. The number of aromatic hydroxyl groups is 1. The van der Waals surface area contributed by atoms with E-state index >= 15 is 0 Å². The fourth-order valence-corrected chi connectivity index (χ4v) is 3.41. The Morgan fingerprint density at radius 1 is 0.818 bits per heavy atom. The van der Waals surface area contributed by atoms with Gasteiger partial charge in [0.1, 0.15) is 5.75 Å². The monoisotopic (exact) mass is 304 g/mol. The summed E-state index contributed by atoms with van der Waals surface area (Å²) in [6.45, 7) is 13.5. The van der Waals surface area contributed by atoms with E-state index in [1.54, 1.807) is 0 Å². The van der Waals surface area contributed by atoms with Crippen LogP contribution in [0.4, 0.5) is 0 Å². The van der Waals surface area contributed by atoms with Crippen LogP contribution in [0, 0.1) is 0 Å². The lowest BCUT2D eigenvalue weighted by Crippen LogP contribution is -2.18. The zero-order valence-corrected chi connectivity index (χ0v) is 15.7. The van der Waals surface area contributed by atoms with E-state index in [9.17, 15) is 5.11 Å². The molecule has 0 aromatic heterocycles. The third kappa shape index (κ3) is 4.76. The number of aryl methyl sites for hydroxylation is 2. The first-order valence-corrected chi connectivity index (χ1v) is 9.23. The molecule has 0 saturated carbocycles. The molecular formula is C21H36O. The van der Waals surface area contributed by atoms with Crippen LogP contribution >= 0.6 is 0 Å². The molecule has 0 spiro atoms. The molecule has 1 nitrogen and oxygen atoms in total. The second-order valence-corrected chi connectivity index (χ2v) is 7.60. The second kappa shape index (κ2) is 8.60. The molecule has 126 valence electrons. The molecule has 1 rings (SSSR count). The van der Waals surface area contributed by atoms with Gasteiger partial charge in [0.2, 0.25) is 0 Å². The standard InChI is InChI=1S/C21H36O/c1-7-10-13-17-15-16(12-9-3)19(21(4,5)6)18(20(17)22)14-11-8-2/h15,22H,7-14H2,1-6H3. The van der Waals surface area contributed by atoms with Crippen LogP contribution in [0.25, 0.3) is 0 Å². The normalized spacial score (nSPS) is 11.9. The van der Waals surface area contributed by atoms with Crippen molar-refractivity contribution < 1.29 is 5.11 Å². The molecule has 0 atom stereocenters. The van der Waals surface area contributed by atoms with Gasteiger partial charge in [-0.05, 0) is 59.8 Å². The number of phenols is 1. The lowest BCUT2D eigenvalue weighted by Gasteiger charge is -2.29. The van der Waals surface area contributed by atoms with Crippen molar-refractivity contribution in [1.29, 1.82) is 0 Å². The highest BCUT2D eigenvalue weighted by Crippen LogP contribution is 2.39. The molecule has 0 aliphatic heterocycles. The Morgan fingerprint density at radius 2 is 1.41 bits per heavy atom. The van der Waals surface area contributed by atoms with Gasteiger partial charge in [-0.15, -0.1) is 0 Å². The van der Waals surface area contributed by atoms with Crippen molar-refractivity contribution in [2.45, 2.75) is 98.3 Å². The molecule has 1 aromatic carbocycles. The molecule has 1 aromatic rings. The van der Waals surface area contributed by atoms with Gasteiger partial charge in [0, 0.05) is 0 Å². The number of rotatable bonds is 8. The van der Waals surface area contributed by atoms with E-state index in [1.807, 2.05) is 0 Å². The molecule has 0 radical (unpaired) electrons. The molecule has 0 bridgehead atoms. The first-order valence-electron chi connectivity index (χ1n) is 9.23. The second-order valence-electron chi connectivity index (χ2n) is 7.60. The smallest absolute Gasteiger partial charge is 0.122 e.